The molecule has 0 radical (unpaired) electrons. The molecule has 1 fully saturated rings. The summed E-state index contributed by atoms with van der Waals surface area (Å²) in [6.07, 6.45) is 0. The van der Waals surface area contributed by atoms with Crippen molar-refractivity contribution in [1.29, 1.82) is 0 Å². The highest BCUT2D eigenvalue weighted by atomic mass is 79.9. The van der Waals surface area contributed by atoms with E-state index >= 15 is 0 Å². The van der Waals surface area contributed by atoms with E-state index in [0.29, 0.717) is 5.56 Å². The number of ether oxygens (including phenoxy) is 1. The lowest BCUT2D eigenvalue weighted by Gasteiger charge is -2.29. The second-order valence-corrected chi connectivity index (χ2v) is 6.13. The standard InChI is InChI=1S/C15H21BrN2O2/c1-11-3-4-14(16)13(9-11)15(19)17-12(2)10-18-5-7-20-8-6-18/h3-4,9,12H,5-8,10H2,1-2H3,(H,17,19). The van der Waals surface area contributed by atoms with Gasteiger partial charge in [0, 0.05) is 30.1 Å². The summed E-state index contributed by atoms with van der Waals surface area (Å²) in [6.45, 7) is 8.33. The third-order valence-electron chi connectivity index (χ3n) is 3.38. The van der Waals surface area contributed by atoms with Crippen LogP contribution < -0.4 is 5.32 Å². The largest absolute Gasteiger partial charge is 0.379 e. The summed E-state index contributed by atoms with van der Waals surface area (Å²) in [5.74, 6) is -0.0265. The Labute approximate surface area is 128 Å². The number of nitrogens with zero attached hydrogens (tertiary/aromatic N) is 1. The first-order valence-electron chi connectivity index (χ1n) is 6.93. The fraction of sp³-hybridized carbons (Fsp3) is 0.533. The number of nitrogens with one attached hydrogen (secondary N) is 1. The van der Waals surface area contributed by atoms with Crippen LogP contribution in [0.15, 0.2) is 22.7 Å². The zero-order chi connectivity index (χ0) is 14.5. The molecular formula is C15H21BrN2O2. The number of morpholine rings is 1. The fourth-order valence-corrected chi connectivity index (χ4v) is 2.76. The third kappa shape index (κ3) is 4.30. The van der Waals surface area contributed by atoms with Crippen molar-refractivity contribution >= 4 is 21.8 Å². The van der Waals surface area contributed by atoms with E-state index in [-0.39, 0.29) is 11.9 Å². The molecule has 1 amide bonds. The van der Waals surface area contributed by atoms with Crippen molar-refractivity contribution in [3.8, 4) is 0 Å². The monoisotopic (exact) mass is 340 g/mol. The van der Waals surface area contributed by atoms with Crippen LogP contribution in [0, 0.1) is 6.92 Å². The molecule has 0 aliphatic carbocycles. The number of aryl methyl sites for hydroxylation is 1. The molecule has 5 heteroatoms. The van der Waals surface area contributed by atoms with Crippen molar-refractivity contribution in [3.63, 3.8) is 0 Å². The van der Waals surface area contributed by atoms with Gasteiger partial charge >= 0.3 is 0 Å². The SMILES string of the molecule is Cc1ccc(Br)c(C(=O)NC(C)CN2CCOCC2)c1. The Morgan fingerprint density at radius 3 is 2.85 bits per heavy atom. The highest BCUT2D eigenvalue weighted by Crippen LogP contribution is 2.18. The zero-order valence-electron chi connectivity index (χ0n) is 12.0. The van der Waals surface area contributed by atoms with Gasteiger partial charge in [-0.2, -0.15) is 0 Å². The van der Waals surface area contributed by atoms with E-state index in [2.05, 4.69) is 26.1 Å². The van der Waals surface area contributed by atoms with Gasteiger partial charge in [0.25, 0.3) is 5.91 Å². The zero-order valence-corrected chi connectivity index (χ0v) is 13.6. The van der Waals surface area contributed by atoms with Gasteiger partial charge in [-0.15, -0.1) is 0 Å². The molecule has 1 aliphatic rings. The summed E-state index contributed by atoms with van der Waals surface area (Å²) in [7, 11) is 0. The lowest BCUT2D eigenvalue weighted by molar-refractivity contribution is 0.0342. The third-order valence-corrected chi connectivity index (χ3v) is 4.07. The Morgan fingerprint density at radius 2 is 2.15 bits per heavy atom. The van der Waals surface area contributed by atoms with Crippen molar-refractivity contribution in [2.45, 2.75) is 19.9 Å². The molecule has 1 atom stereocenters. The Hall–Kier alpha value is -0.910. The van der Waals surface area contributed by atoms with Gasteiger partial charge in [0.05, 0.1) is 18.8 Å². The second kappa shape index (κ2) is 7.20. The van der Waals surface area contributed by atoms with Gasteiger partial charge in [-0.1, -0.05) is 11.6 Å². The summed E-state index contributed by atoms with van der Waals surface area (Å²) in [5.41, 5.74) is 1.78. The molecule has 110 valence electrons. The van der Waals surface area contributed by atoms with Crippen molar-refractivity contribution in [2.24, 2.45) is 0 Å². The van der Waals surface area contributed by atoms with Crippen LogP contribution in [-0.2, 0) is 4.74 Å². The van der Waals surface area contributed by atoms with E-state index in [9.17, 15) is 4.79 Å². The Kier molecular flexibility index (Phi) is 5.57. The van der Waals surface area contributed by atoms with Crippen LogP contribution in [0.4, 0.5) is 0 Å². The van der Waals surface area contributed by atoms with E-state index in [4.69, 9.17) is 4.74 Å². The average molecular weight is 341 g/mol. The number of hydrogen-bond acceptors (Lipinski definition) is 3. The molecular weight excluding hydrogens is 320 g/mol. The van der Waals surface area contributed by atoms with E-state index in [0.717, 1.165) is 42.9 Å². The molecule has 20 heavy (non-hydrogen) atoms. The molecule has 1 aromatic rings. The minimum Gasteiger partial charge on any atom is -0.379 e. The van der Waals surface area contributed by atoms with Crippen LogP contribution in [0.5, 0.6) is 0 Å². The Balaban J connectivity index is 1.91. The number of halogens is 1. The van der Waals surface area contributed by atoms with Crippen LogP contribution in [0.1, 0.15) is 22.8 Å². The number of rotatable bonds is 4. The molecule has 1 unspecified atom stereocenters. The van der Waals surface area contributed by atoms with Gasteiger partial charge < -0.3 is 10.1 Å². The molecule has 0 spiro atoms. The van der Waals surface area contributed by atoms with Crippen LogP contribution in [0.25, 0.3) is 0 Å². The summed E-state index contributed by atoms with van der Waals surface area (Å²) in [5, 5.41) is 3.06. The number of amides is 1. The second-order valence-electron chi connectivity index (χ2n) is 5.27. The molecule has 1 heterocycles. The number of benzene rings is 1. The van der Waals surface area contributed by atoms with Gasteiger partial charge in [-0.05, 0) is 41.9 Å². The Bertz CT molecular complexity index is 473. The predicted octanol–water partition coefficient (Wildman–Crippen LogP) is 2.21. The lowest BCUT2D eigenvalue weighted by Crippen LogP contribution is -2.46. The van der Waals surface area contributed by atoms with Crippen molar-refractivity contribution < 1.29 is 9.53 Å². The van der Waals surface area contributed by atoms with Crippen LogP contribution >= 0.6 is 15.9 Å². The minimum atomic E-state index is -0.0265. The molecule has 4 nitrogen and oxygen atoms in total. The van der Waals surface area contributed by atoms with Crippen molar-refractivity contribution in [3.05, 3.63) is 33.8 Å². The normalized spacial score (nSPS) is 17.8. The van der Waals surface area contributed by atoms with Crippen LogP contribution in [0.3, 0.4) is 0 Å². The van der Waals surface area contributed by atoms with Gasteiger partial charge in [0.2, 0.25) is 0 Å². The first kappa shape index (κ1) is 15.5. The average Bonchev–Trinajstić information content (AvgIpc) is 2.42. The smallest absolute Gasteiger partial charge is 0.252 e. The Morgan fingerprint density at radius 1 is 1.45 bits per heavy atom. The first-order valence-corrected chi connectivity index (χ1v) is 7.72. The fourth-order valence-electron chi connectivity index (χ4n) is 2.33. The van der Waals surface area contributed by atoms with Gasteiger partial charge in [0.15, 0.2) is 0 Å². The maximum Gasteiger partial charge on any atom is 0.252 e. The quantitative estimate of drug-likeness (QED) is 0.913. The highest BCUT2D eigenvalue weighted by molar-refractivity contribution is 9.10. The number of hydrogen-bond donors (Lipinski definition) is 1. The molecule has 0 saturated carbocycles. The van der Waals surface area contributed by atoms with Gasteiger partial charge in [-0.25, -0.2) is 0 Å². The van der Waals surface area contributed by atoms with E-state index < -0.39 is 0 Å². The minimum absolute atomic E-state index is 0.0265. The first-order chi connectivity index (χ1) is 9.56. The molecule has 0 aromatic heterocycles. The molecule has 1 saturated heterocycles. The van der Waals surface area contributed by atoms with Crippen molar-refractivity contribution in [2.75, 3.05) is 32.8 Å². The number of carbonyl (C=O) groups excluding carboxylic acids is 1. The lowest BCUT2D eigenvalue weighted by atomic mass is 10.1. The summed E-state index contributed by atoms with van der Waals surface area (Å²) in [4.78, 5) is 14.6. The van der Waals surface area contributed by atoms with Crippen molar-refractivity contribution in [1.82, 2.24) is 10.2 Å². The molecule has 2 rings (SSSR count). The maximum atomic E-state index is 12.3. The molecule has 1 aromatic carbocycles. The predicted molar refractivity (Wildman–Crippen MR) is 83.1 cm³/mol. The molecule has 1 N–H and O–H groups in total. The molecule has 0 bridgehead atoms. The maximum absolute atomic E-state index is 12.3. The van der Waals surface area contributed by atoms with E-state index in [1.807, 2.05) is 32.0 Å². The highest BCUT2D eigenvalue weighted by Gasteiger charge is 2.17. The summed E-state index contributed by atoms with van der Waals surface area (Å²) >= 11 is 3.43. The topological polar surface area (TPSA) is 41.6 Å². The summed E-state index contributed by atoms with van der Waals surface area (Å²) in [6, 6.07) is 5.92. The van der Waals surface area contributed by atoms with E-state index in [1.54, 1.807) is 0 Å². The van der Waals surface area contributed by atoms with Gasteiger partial charge in [0.1, 0.15) is 0 Å². The number of carbonyl (C=O) groups is 1. The molecule has 1 aliphatic heterocycles. The van der Waals surface area contributed by atoms with Gasteiger partial charge in [-0.3, -0.25) is 9.69 Å². The van der Waals surface area contributed by atoms with Crippen LogP contribution in [-0.4, -0.2) is 49.7 Å². The van der Waals surface area contributed by atoms with E-state index in [1.165, 1.54) is 0 Å². The van der Waals surface area contributed by atoms with Crippen LogP contribution in [0.2, 0.25) is 0 Å². The summed E-state index contributed by atoms with van der Waals surface area (Å²) < 4.78 is 6.16.